The van der Waals surface area contributed by atoms with Gasteiger partial charge in [-0.3, -0.25) is 14.2 Å². The van der Waals surface area contributed by atoms with Gasteiger partial charge in [0, 0.05) is 30.5 Å². The molecule has 3 rings (SSSR count). The van der Waals surface area contributed by atoms with Gasteiger partial charge in [0.15, 0.2) is 0 Å². The van der Waals surface area contributed by atoms with Crippen molar-refractivity contribution >= 4 is 22.7 Å². The van der Waals surface area contributed by atoms with Crippen LogP contribution < -0.4 is 5.32 Å². The molecule has 0 bridgehead atoms. The van der Waals surface area contributed by atoms with Gasteiger partial charge in [0.05, 0.1) is 5.52 Å². The van der Waals surface area contributed by atoms with Gasteiger partial charge < -0.3 is 5.32 Å². The van der Waals surface area contributed by atoms with Gasteiger partial charge in [-0.1, -0.05) is 76.0 Å². The largest absolute Gasteiger partial charge is 0.353 e. The second-order valence-electron chi connectivity index (χ2n) is 8.16. The quantitative estimate of drug-likeness (QED) is 0.721. The Morgan fingerprint density at radius 2 is 1.43 bits per heavy atom. The van der Waals surface area contributed by atoms with Crippen molar-refractivity contribution in [1.82, 2.24) is 9.88 Å². The Balaban J connectivity index is 1.47. The molecule has 28 heavy (non-hydrogen) atoms. The molecule has 1 aliphatic carbocycles. The third-order valence-corrected chi connectivity index (χ3v) is 5.90. The fourth-order valence-corrected chi connectivity index (χ4v) is 4.25. The number of carbonyl (C=O) groups is 2. The first-order valence-electron chi connectivity index (χ1n) is 11.1. The van der Waals surface area contributed by atoms with Crippen LogP contribution in [0.3, 0.4) is 0 Å². The molecule has 0 aliphatic heterocycles. The standard InChI is InChI=1S/C24H34N2O2/c27-23(25-21-13-8-6-4-2-1-3-5-7-9-14-21)16-17-24(28)26-19-18-20-12-10-11-15-22(20)26/h10-12,15,18-19,21H,1-9,13-14,16-17H2,(H,25,27). The van der Waals surface area contributed by atoms with Gasteiger partial charge in [-0.05, 0) is 25.0 Å². The first kappa shape index (κ1) is 20.6. The number of nitrogens with one attached hydrogen (secondary N) is 1. The van der Waals surface area contributed by atoms with Crippen LogP contribution in [0.25, 0.3) is 10.9 Å². The predicted molar refractivity (Wildman–Crippen MR) is 115 cm³/mol. The second kappa shape index (κ2) is 11.0. The maximum atomic E-state index is 12.6. The van der Waals surface area contributed by atoms with E-state index in [0.717, 1.165) is 23.7 Å². The van der Waals surface area contributed by atoms with E-state index in [9.17, 15) is 9.59 Å². The third-order valence-electron chi connectivity index (χ3n) is 5.90. The average molecular weight is 383 g/mol. The molecule has 2 aromatic rings. The number of benzene rings is 1. The average Bonchev–Trinajstić information content (AvgIpc) is 3.12. The highest BCUT2D eigenvalue weighted by atomic mass is 16.2. The van der Waals surface area contributed by atoms with Gasteiger partial charge in [0.2, 0.25) is 11.8 Å². The smallest absolute Gasteiger partial charge is 0.231 e. The number of hydrogen-bond donors (Lipinski definition) is 1. The summed E-state index contributed by atoms with van der Waals surface area (Å²) in [6.45, 7) is 0. The van der Waals surface area contributed by atoms with Gasteiger partial charge in [-0.15, -0.1) is 0 Å². The summed E-state index contributed by atoms with van der Waals surface area (Å²) in [6.07, 6.45) is 16.1. The lowest BCUT2D eigenvalue weighted by molar-refractivity contribution is -0.121. The number of fused-ring (bicyclic) bond motifs is 1. The summed E-state index contributed by atoms with van der Waals surface area (Å²) in [5.74, 6) is -0.00283. The Morgan fingerprint density at radius 3 is 2.11 bits per heavy atom. The van der Waals surface area contributed by atoms with Crippen LogP contribution in [0.2, 0.25) is 0 Å². The molecule has 1 fully saturated rings. The van der Waals surface area contributed by atoms with Crippen molar-refractivity contribution in [1.29, 1.82) is 0 Å². The Morgan fingerprint density at radius 1 is 0.821 bits per heavy atom. The first-order valence-corrected chi connectivity index (χ1v) is 11.1. The minimum atomic E-state index is -0.0185. The van der Waals surface area contributed by atoms with E-state index in [-0.39, 0.29) is 30.7 Å². The molecule has 1 amide bonds. The minimum Gasteiger partial charge on any atom is -0.353 e. The lowest BCUT2D eigenvalue weighted by Crippen LogP contribution is -2.35. The van der Waals surface area contributed by atoms with E-state index in [1.54, 1.807) is 10.8 Å². The second-order valence-corrected chi connectivity index (χ2v) is 8.16. The van der Waals surface area contributed by atoms with E-state index < -0.39 is 0 Å². The highest BCUT2D eigenvalue weighted by Gasteiger charge is 2.15. The van der Waals surface area contributed by atoms with E-state index in [2.05, 4.69) is 5.32 Å². The summed E-state index contributed by atoms with van der Waals surface area (Å²) in [7, 11) is 0. The summed E-state index contributed by atoms with van der Waals surface area (Å²) >= 11 is 0. The Bertz CT molecular complexity index is 753. The van der Waals surface area contributed by atoms with Crippen molar-refractivity contribution in [2.75, 3.05) is 0 Å². The molecule has 152 valence electrons. The van der Waals surface area contributed by atoms with Gasteiger partial charge in [-0.25, -0.2) is 0 Å². The number of carbonyl (C=O) groups excluding carboxylic acids is 2. The maximum absolute atomic E-state index is 12.6. The lowest BCUT2D eigenvalue weighted by atomic mass is 9.98. The molecule has 0 unspecified atom stereocenters. The number of hydrogen-bond acceptors (Lipinski definition) is 2. The number of nitrogens with zero attached hydrogens (tertiary/aromatic N) is 1. The van der Waals surface area contributed by atoms with Crippen LogP contribution in [0, 0.1) is 0 Å². The zero-order valence-corrected chi connectivity index (χ0v) is 17.0. The maximum Gasteiger partial charge on any atom is 0.231 e. The van der Waals surface area contributed by atoms with Crippen LogP contribution in [0.4, 0.5) is 0 Å². The molecule has 4 heteroatoms. The van der Waals surface area contributed by atoms with Crippen LogP contribution >= 0.6 is 0 Å². The van der Waals surface area contributed by atoms with Crippen molar-refractivity contribution in [3.8, 4) is 0 Å². The fourth-order valence-electron chi connectivity index (χ4n) is 4.25. The molecular formula is C24H34N2O2. The van der Waals surface area contributed by atoms with Crippen LogP contribution in [0.5, 0.6) is 0 Å². The van der Waals surface area contributed by atoms with E-state index in [1.807, 2.05) is 30.3 Å². The van der Waals surface area contributed by atoms with E-state index in [0.29, 0.717) is 0 Å². The lowest BCUT2D eigenvalue weighted by Gasteiger charge is -2.19. The number of para-hydroxylation sites is 1. The molecule has 4 nitrogen and oxygen atoms in total. The first-order chi connectivity index (χ1) is 13.7. The fraction of sp³-hybridized carbons (Fsp3) is 0.583. The molecule has 0 saturated heterocycles. The molecule has 0 spiro atoms. The van der Waals surface area contributed by atoms with Gasteiger partial charge in [0.25, 0.3) is 0 Å². The molecular weight excluding hydrogens is 348 g/mol. The summed E-state index contributed by atoms with van der Waals surface area (Å²) in [4.78, 5) is 25.0. The van der Waals surface area contributed by atoms with Crippen molar-refractivity contribution < 1.29 is 9.59 Å². The monoisotopic (exact) mass is 382 g/mol. The molecule has 1 N–H and O–H groups in total. The molecule has 1 aromatic carbocycles. The Hall–Kier alpha value is -2.10. The van der Waals surface area contributed by atoms with Gasteiger partial charge in [0.1, 0.15) is 0 Å². The summed E-state index contributed by atoms with van der Waals surface area (Å²) in [6, 6.07) is 10.1. The van der Waals surface area contributed by atoms with E-state index >= 15 is 0 Å². The molecule has 0 radical (unpaired) electrons. The summed E-state index contributed by atoms with van der Waals surface area (Å²) < 4.78 is 1.67. The molecule has 1 aliphatic rings. The third kappa shape index (κ3) is 6.22. The highest BCUT2D eigenvalue weighted by molar-refractivity contribution is 5.93. The number of aromatic nitrogens is 1. The van der Waals surface area contributed by atoms with E-state index in [4.69, 9.17) is 0 Å². The van der Waals surface area contributed by atoms with Crippen molar-refractivity contribution in [3.05, 3.63) is 36.5 Å². The predicted octanol–water partition coefficient (Wildman–Crippen LogP) is 5.85. The number of rotatable bonds is 4. The molecule has 1 saturated carbocycles. The topological polar surface area (TPSA) is 51.1 Å². The summed E-state index contributed by atoms with van der Waals surface area (Å²) in [5.41, 5.74) is 0.909. The van der Waals surface area contributed by atoms with E-state index in [1.165, 1.54) is 57.8 Å². The SMILES string of the molecule is O=C(CCC(=O)n1ccc2ccccc21)NC1CCCCCCCCCCC1. The van der Waals surface area contributed by atoms with Crippen molar-refractivity contribution in [2.45, 2.75) is 89.5 Å². The van der Waals surface area contributed by atoms with Gasteiger partial charge in [-0.2, -0.15) is 0 Å². The van der Waals surface area contributed by atoms with Crippen molar-refractivity contribution in [3.63, 3.8) is 0 Å². The zero-order valence-electron chi connectivity index (χ0n) is 17.0. The normalized spacial score (nSPS) is 17.6. The Kier molecular flexibility index (Phi) is 8.13. The summed E-state index contributed by atoms with van der Waals surface area (Å²) in [5, 5.41) is 4.26. The van der Waals surface area contributed by atoms with Gasteiger partial charge >= 0.3 is 0 Å². The molecule has 1 aromatic heterocycles. The highest BCUT2D eigenvalue weighted by Crippen LogP contribution is 2.18. The van der Waals surface area contributed by atoms with Crippen LogP contribution in [0.15, 0.2) is 36.5 Å². The minimum absolute atomic E-state index is 0.0157. The molecule has 1 heterocycles. The van der Waals surface area contributed by atoms with Crippen LogP contribution in [-0.4, -0.2) is 22.4 Å². The van der Waals surface area contributed by atoms with Crippen LogP contribution in [-0.2, 0) is 4.79 Å². The Labute approximate surface area is 168 Å². The number of amides is 1. The van der Waals surface area contributed by atoms with Crippen molar-refractivity contribution in [2.24, 2.45) is 0 Å². The zero-order chi connectivity index (χ0) is 19.6. The molecule has 0 atom stereocenters. The van der Waals surface area contributed by atoms with Crippen LogP contribution in [0.1, 0.15) is 88.3 Å².